The van der Waals surface area contributed by atoms with Gasteiger partial charge in [-0.3, -0.25) is 11.3 Å². The molecular formula is C17H23BrN2. The number of nitrogens with one attached hydrogen (secondary N) is 1. The van der Waals surface area contributed by atoms with Gasteiger partial charge in [0.1, 0.15) is 0 Å². The normalized spacial score (nSPS) is 13.7. The van der Waals surface area contributed by atoms with Gasteiger partial charge in [0.25, 0.3) is 0 Å². The van der Waals surface area contributed by atoms with Gasteiger partial charge in [-0.05, 0) is 52.8 Å². The number of rotatable bonds is 4. The van der Waals surface area contributed by atoms with Crippen molar-refractivity contribution in [1.29, 1.82) is 0 Å². The molecule has 20 heavy (non-hydrogen) atoms. The van der Waals surface area contributed by atoms with E-state index in [0.29, 0.717) is 5.41 Å². The third-order valence-electron chi connectivity index (χ3n) is 3.61. The van der Waals surface area contributed by atoms with Crippen LogP contribution in [0, 0.1) is 5.41 Å². The molecule has 0 saturated heterocycles. The van der Waals surface area contributed by atoms with E-state index in [1.807, 2.05) is 0 Å². The minimum absolute atomic E-state index is 0.210. The monoisotopic (exact) mass is 334 g/mol. The van der Waals surface area contributed by atoms with Crippen LogP contribution in [0.5, 0.6) is 0 Å². The number of halogens is 1. The molecule has 1 atom stereocenters. The standard InChI is InChI=1S/C17H23BrN2/c1-17(2,3)9-8-16(20-19)14-5-4-13-11-15(18)7-6-12(13)10-14/h4-7,10-11,16,20H,8-9,19H2,1-3H3. The Labute approximate surface area is 129 Å². The van der Waals surface area contributed by atoms with Gasteiger partial charge < -0.3 is 0 Å². The summed E-state index contributed by atoms with van der Waals surface area (Å²) in [6.45, 7) is 6.79. The summed E-state index contributed by atoms with van der Waals surface area (Å²) in [5, 5.41) is 2.50. The van der Waals surface area contributed by atoms with Crippen molar-refractivity contribution in [2.45, 2.75) is 39.7 Å². The van der Waals surface area contributed by atoms with Crippen LogP contribution >= 0.6 is 15.9 Å². The van der Waals surface area contributed by atoms with Crippen LogP contribution in [0.1, 0.15) is 45.2 Å². The molecule has 108 valence electrons. The molecule has 0 aromatic heterocycles. The van der Waals surface area contributed by atoms with E-state index in [-0.39, 0.29) is 6.04 Å². The van der Waals surface area contributed by atoms with Gasteiger partial charge in [0.15, 0.2) is 0 Å². The Balaban J connectivity index is 2.23. The lowest BCUT2D eigenvalue weighted by Gasteiger charge is -2.23. The summed E-state index contributed by atoms with van der Waals surface area (Å²) in [7, 11) is 0. The zero-order valence-electron chi connectivity index (χ0n) is 12.4. The van der Waals surface area contributed by atoms with Gasteiger partial charge in [0.2, 0.25) is 0 Å². The summed E-state index contributed by atoms with van der Waals surface area (Å²) >= 11 is 3.51. The molecule has 0 spiro atoms. The minimum atomic E-state index is 0.210. The van der Waals surface area contributed by atoms with Crippen LogP contribution in [0.25, 0.3) is 10.8 Å². The second-order valence-corrected chi connectivity index (χ2v) is 7.49. The van der Waals surface area contributed by atoms with Crippen molar-refractivity contribution in [3.8, 4) is 0 Å². The molecule has 0 aliphatic heterocycles. The van der Waals surface area contributed by atoms with Crippen molar-refractivity contribution < 1.29 is 0 Å². The van der Waals surface area contributed by atoms with Crippen molar-refractivity contribution in [2.24, 2.45) is 11.3 Å². The van der Waals surface area contributed by atoms with E-state index in [0.717, 1.165) is 17.3 Å². The lowest BCUT2D eigenvalue weighted by molar-refractivity contribution is 0.333. The molecule has 0 fully saturated rings. The Hall–Kier alpha value is -0.900. The molecule has 2 nitrogen and oxygen atoms in total. The van der Waals surface area contributed by atoms with E-state index in [4.69, 9.17) is 5.84 Å². The Bertz CT molecular complexity index is 587. The summed E-state index contributed by atoms with van der Waals surface area (Å²) in [6.07, 6.45) is 2.18. The van der Waals surface area contributed by atoms with Crippen LogP contribution in [-0.4, -0.2) is 0 Å². The first kappa shape index (κ1) is 15.5. The van der Waals surface area contributed by atoms with Crippen LogP contribution in [0.3, 0.4) is 0 Å². The van der Waals surface area contributed by atoms with E-state index in [2.05, 4.69) is 78.5 Å². The Morgan fingerprint density at radius 1 is 1.10 bits per heavy atom. The average Bonchev–Trinajstić information content (AvgIpc) is 2.38. The maximum atomic E-state index is 5.74. The maximum absolute atomic E-state index is 5.74. The fraction of sp³-hybridized carbons (Fsp3) is 0.412. The fourth-order valence-electron chi connectivity index (χ4n) is 2.38. The fourth-order valence-corrected chi connectivity index (χ4v) is 2.75. The zero-order chi connectivity index (χ0) is 14.8. The molecule has 2 rings (SSSR count). The highest BCUT2D eigenvalue weighted by Gasteiger charge is 2.16. The lowest BCUT2D eigenvalue weighted by Crippen LogP contribution is -2.28. The van der Waals surface area contributed by atoms with E-state index >= 15 is 0 Å². The molecule has 2 aromatic carbocycles. The summed E-state index contributed by atoms with van der Waals surface area (Å²) in [4.78, 5) is 0. The summed E-state index contributed by atoms with van der Waals surface area (Å²) < 4.78 is 1.11. The van der Waals surface area contributed by atoms with Crippen LogP contribution in [-0.2, 0) is 0 Å². The maximum Gasteiger partial charge on any atom is 0.0460 e. The lowest BCUT2D eigenvalue weighted by atomic mass is 9.87. The molecule has 0 aliphatic carbocycles. The topological polar surface area (TPSA) is 38.0 Å². The molecule has 0 bridgehead atoms. The van der Waals surface area contributed by atoms with Gasteiger partial charge in [-0.15, -0.1) is 0 Å². The van der Waals surface area contributed by atoms with E-state index in [1.165, 1.54) is 16.3 Å². The molecule has 0 saturated carbocycles. The van der Waals surface area contributed by atoms with Gasteiger partial charge >= 0.3 is 0 Å². The molecule has 2 aromatic rings. The zero-order valence-corrected chi connectivity index (χ0v) is 14.0. The van der Waals surface area contributed by atoms with Crippen molar-refractivity contribution in [2.75, 3.05) is 0 Å². The third kappa shape index (κ3) is 4.05. The SMILES string of the molecule is CC(C)(C)CCC(NN)c1ccc2cc(Br)ccc2c1. The number of benzene rings is 2. The Morgan fingerprint density at radius 2 is 1.75 bits per heavy atom. The van der Waals surface area contributed by atoms with Crippen LogP contribution in [0.15, 0.2) is 40.9 Å². The van der Waals surface area contributed by atoms with Crippen LogP contribution in [0.2, 0.25) is 0 Å². The predicted molar refractivity (Wildman–Crippen MR) is 90.4 cm³/mol. The van der Waals surface area contributed by atoms with Gasteiger partial charge in [-0.25, -0.2) is 0 Å². The van der Waals surface area contributed by atoms with Gasteiger partial charge in [-0.2, -0.15) is 0 Å². The number of fused-ring (bicyclic) bond motifs is 1. The molecule has 3 heteroatoms. The highest BCUT2D eigenvalue weighted by Crippen LogP contribution is 2.29. The van der Waals surface area contributed by atoms with Crippen molar-refractivity contribution in [3.63, 3.8) is 0 Å². The third-order valence-corrected chi connectivity index (χ3v) is 4.11. The van der Waals surface area contributed by atoms with E-state index in [9.17, 15) is 0 Å². The summed E-state index contributed by atoms with van der Waals surface area (Å²) in [6, 6.07) is 13.1. The van der Waals surface area contributed by atoms with Gasteiger partial charge in [0, 0.05) is 10.5 Å². The molecule has 0 amide bonds. The van der Waals surface area contributed by atoms with Crippen molar-refractivity contribution in [1.82, 2.24) is 5.43 Å². The molecule has 1 unspecified atom stereocenters. The first-order valence-corrected chi connectivity index (χ1v) is 7.84. The van der Waals surface area contributed by atoms with Crippen molar-refractivity contribution >= 4 is 26.7 Å². The minimum Gasteiger partial charge on any atom is -0.271 e. The van der Waals surface area contributed by atoms with Gasteiger partial charge in [-0.1, -0.05) is 54.9 Å². The summed E-state index contributed by atoms with van der Waals surface area (Å²) in [5.41, 5.74) is 4.54. The highest BCUT2D eigenvalue weighted by atomic mass is 79.9. The van der Waals surface area contributed by atoms with Crippen molar-refractivity contribution in [3.05, 3.63) is 46.4 Å². The summed E-state index contributed by atoms with van der Waals surface area (Å²) in [5.74, 6) is 5.74. The van der Waals surface area contributed by atoms with E-state index in [1.54, 1.807) is 0 Å². The second kappa shape index (κ2) is 6.25. The molecule has 0 aliphatic rings. The number of nitrogens with two attached hydrogens (primary N) is 1. The second-order valence-electron chi connectivity index (χ2n) is 6.57. The largest absolute Gasteiger partial charge is 0.271 e. The molecule has 0 radical (unpaired) electrons. The quantitative estimate of drug-likeness (QED) is 0.614. The first-order valence-electron chi connectivity index (χ1n) is 7.04. The molecule has 3 N–H and O–H groups in total. The highest BCUT2D eigenvalue weighted by molar-refractivity contribution is 9.10. The van der Waals surface area contributed by atoms with E-state index < -0.39 is 0 Å². The average molecular weight is 335 g/mol. The Kier molecular flexibility index (Phi) is 4.84. The molecular weight excluding hydrogens is 312 g/mol. The number of hydrogen-bond donors (Lipinski definition) is 2. The smallest absolute Gasteiger partial charge is 0.0460 e. The Morgan fingerprint density at radius 3 is 2.40 bits per heavy atom. The predicted octanol–water partition coefficient (Wildman–Crippen LogP) is 4.93. The van der Waals surface area contributed by atoms with Gasteiger partial charge in [0.05, 0.1) is 0 Å². The number of hydrazine groups is 1. The first-order chi connectivity index (χ1) is 9.39. The van der Waals surface area contributed by atoms with Crippen LogP contribution in [0.4, 0.5) is 0 Å². The van der Waals surface area contributed by atoms with Crippen LogP contribution < -0.4 is 11.3 Å². The number of hydrogen-bond acceptors (Lipinski definition) is 2. The molecule has 0 heterocycles.